The van der Waals surface area contributed by atoms with Gasteiger partial charge in [0.1, 0.15) is 18.7 Å². The Morgan fingerprint density at radius 2 is 2.23 bits per heavy atom. The second-order valence-electron chi connectivity index (χ2n) is 4.93. The van der Waals surface area contributed by atoms with Crippen LogP contribution in [0.2, 0.25) is 5.02 Å². The van der Waals surface area contributed by atoms with Crippen molar-refractivity contribution in [3.63, 3.8) is 0 Å². The van der Waals surface area contributed by atoms with Crippen LogP contribution < -0.4 is 0 Å². The molecule has 0 spiro atoms. The van der Waals surface area contributed by atoms with Gasteiger partial charge < -0.3 is 0 Å². The molecule has 0 unspecified atom stereocenters. The molecule has 2 heterocycles. The number of sulfonamides is 1. The van der Waals surface area contributed by atoms with Gasteiger partial charge in [-0.3, -0.25) is 0 Å². The van der Waals surface area contributed by atoms with Crippen molar-refractivity contribution in [2.75, 3.05) is 13.1 Å². The number of hydrogen-bond donors (Lipinski definition) is 0. The number of hydrogen-bond acceptors (Lipinski definition) is 5. The van der Waals surface area contributed by atoms with Crippen molar-refractivity contribution >= 4 is 21.6 Å². The van der Waals surface area contributed by atoms with Crippen molar-refractivity contribution < 1.29 is 8.42 Å². The normalized spacial score (nSPS) is 19.2. The van der Waals surface area contributed by atoms with Crippen molar-refractivity contribution in [3.05, 3.63) is 41.4 Å². The molecule has 9 heteroatoms. The Morgan fingerprint density at radius 1 is 1.41 bits per heavy atom. The van der Waals surface area contributed by atoms with E-state index in [0.29, 0.717) is 19.5 Å². The molecule has 0 radical (unpaired) electrons. The van der Waals surface area contributed by atoms with E-state index in [-0.39, 0.29) is 21.5 Å². The van der Waals surface area contributed by atoms with Gasteiger partial charge in [-0.05, 0) is 24.6 Å². The van der Waals surface area contributed by atoms with Gasteiger partial charge in [0.2, 0.25) is 10.0 Å². The third kappa shape index (κ3) is 2.59. The summed E-state index contributed by atoms with van der Waals surface area (Å²) in [6.07, 6.45) is 3.68. The quantitative estimate of drug-likeness (QED) is 0.845. The smallest absolute Gasteiger partial charge is 0.243 e. The molecule has 1 aliphatic heterocycles. The molecule has 0 saturated carbocycles. The van der Waals surface area contributed by atoms with Crippen LogP contribution in [0.1, 0.15) is 18.0 Å². The maximum atomic E-state index is 12.6. The molecule has 22 heavy (non-hydrogen) atoms. The Hall–Kier alpha value is -1.95. The molecule has 1 atom stereocenters. The Bertz CT molecular complexity index is 829. The lowest BCUT2D eigenvalue weighted by Crippen LogP contribution is -2.29. The van der Waals surface area contributed by atoms with E-state index in [1.807, 2.05) is 6.07 Å². The lowest BCUT2D eigenvalue weighted by atomic mass is 10.2. The van der Waals surface area contributed by atoms with Gasteiger partial charge >= 0.3 is 0 Å². The summed E-state index contributed by atoms with van der Waals surface area (Å²) in [6.45, 7) is 0.744. The highest BCUT2D eigenvalue weighted by molar-refractivity contribution is 7.89. The maximum Gasteiger partial charge on any atom is 0.243 e. The fraction of sp³-hybridized carbons (Fsp3) is 0.308. The first kappa shape index (κ1) is 15.0. The topological polar surface area (TPSA) is 91.9 Å². The van der Waals surface area contributed by atoms with Crippen LogP contribution in [-0.2, 0) is 10.0 Å². The van der Waals surface area contributed by atoms with Crippen molar-refractivity contribution in [2.45, 2.75) is 17.4 Å². The predicted octanol–water partition coefficient (Wildman–Crippen LogP) is 1.44. The first-order valence-electron chi connectivity index (χ1n) is 6.56. The molecular formula is C13H12ClN5O2S. The largest absolute Gasteiger partial charge is 0.249 e. The molecule has 1 fully saturated rings. The highest BCUT2D eigenvalue weighted by atomic mass is 35.5. The fourth-order valence-electron chi connectivity index (χ4n) is 2.45. The molecule has 114 valence electrons. The third-order valence-electron chi connectivity index (χ3n) is 3.64. The molecule has 7 nitrogen and oxygen atoms in total. The van der Waals surface area contributed by atoms with E-state index in [0.717, 1.165) is 0 Å². The van der Waals surface area contributed by atoms with Crippen LogP contribution in [0.25, 0.3) is 0 Å². The molecule has 0 N–H and O–H groups in total. The van der Waals surface area contributed by atoms with E-state index in [1.165, 1.54) is 28.8 Å². The third-order valence-corrected chi connectivity index (χ3v) is 5.81. The van der Waals surface area contributed by atoms with Gasteiger partial charge in [0.05, 0.1) is 21.5 Å². The monoisotopic (exact) mass is 337 g/mol. The first-order valence-corrected chi connectivity index (χ1v) is 8.38. The lowest BCUT2D eigenvalue weighted by molar-refractivity contribution is 0.434. The minimum atomic E-state index is -3.63. The second kappa shape index (κ2) is 5.68. The number of benzene rings is 1. The van der Waals surface area contributed by atoms with E-state index >= 15 is 0 Å². The minimum Gasteiger partial charge on any atom is -0.249 e. The maximum absolute atomic E-state index is 12.6. The first-order chi connectivity index (χ1) is 10.5. The Morgan fingerprint density at radius 3 is 2.86 bits per heavy atom. The fourth-order valence-corrected chi connectivity index (χ4v) is 4.25. The van der Waals surface area contributed by atoms with E-state index < -0.39 is 10.0 Å². The molecule has 0 bridgehead atoms. The van der Waals surface area contributed by atoms with Gasteiger partial charge in [0.25, 0.3) is 0 Å². The molecule has 3 rings (SSSR count). The highest BCUT2D eigenvalue weighted by Crippen LogP contribution is 2.28. The van der Waals surface area contributed by atoms with E-state index in [2.05, 4.69) is 10.1 Å². The lowest BCUT2D eigenvalue weighted by Gasteiger charge is -2.17. The van der Waals surface area contributed by atoms with E-state index in [1.54, 1.807) is 11.0 Å². The molecule has 2 aromatic rings. The SMILES string of the molecule is N#Cc1ccc(S(=O)(=O)N2CC[C@H](n3cncn3)C2)cc1Cl. The summed E-state index contributed by atoms with van der Waals surface area (Å²) in [7, 11) is -3.63. The van der Waals surface area contributed by atoms with Crippen LogP contribution in [0.3, 0.4) is 0 Å². The van der Waals surface area contributed by atoms with E-state index in [9.17, 15) is 8.42 Å². The molecule has 1 aromatic heterocycles. The summed E-state index contributed by atoms with van der Waals surface area (Å²) in [5.74, 6) is 0. The van der Waals surface area contributed by atoms with Gasteiger partial charge in [-0.2, -0.15) is 14.7 Å². The van der Waals surface area contributed by atoms with Gasteiger partial charge in [0, 0.05) is 13.1 Å². The molecule has 0 amide bonds. The van der Waals surface area contributed by atoms with Crippen LogP contribution in [0, 0.1) is 11.3 Å². The molecule has 1 saturated heterocycles. The number of rotatable bonds is 3. The Labute approximate surface area is 132 Å². The zero-order chi connectivity index (χ0) is 15.7. The Balaban J connectivity index is 1.85. The Kier molecular flexibility index (Phi) is 3.87. The number of nitrogens with zero attached hydrogens (tertiary/aromatic N) is 5. The summed E-state index contributed by atoms with van der Waals surface area (Å²) in [6, 6.07) is 6.03. The summed E-state index contributed by atoms with van der Waals surface area (Å²) in [5.41, 5.74) is 0.252. The number of nitriles is 1. The van der Waals surface area contributed by atoms with Crippen LogP contribution in [0.5, 0.6) is 0 Å². The zero-order valence-corrected chi connectivity index (χ0v) is 13.0. The van der Waals surface area contributed by atoms with Crippen molar-refractivity contribution in [1.29, 1.82) is 5.26 Å². The summed E-state index contributed by atoms with van der Waals surface area (Å²) < 4.78 is 28.3. The average molecular weight is 338 g/mol. The van der Waals surface area contributed by atoms with Crippen molar-refractivity contribution in [1.82, 2.24) is 19.1 Å². The van der Waals surface area contributed by atoms with Crippen LogP contribution in [-0.4, -0.2) is 40.6 Å². The van der Waals surface area contributed by atoms with Gasteiger partial charge in [0.15, 0.2) is 0 Å². The minimum absolute atomic E-state index is 0.0221. The second-order valence-corrected chi connectivity index (χ2v) is 7.28. The van der Waals surface area contributed by atoms with Gasteiger partial charge in [-0.1, -0.05) is 11.6 Å². The average Bonchev–Trinajstić information content (AvgIpc) is 3.18. The highest BCUT2D eigenvalue weighted by Gasteiger charge is 2.33. The summed E-state index contributed by atoms with van der Waals surface area (Å²) >= 11 is 5.92. The summed E-state index contributed by atoms with van der Waals surface area (Å²) in [5, 5.41) is 13.0. The van der Waals surface area contributed by atoms with E-state index in [4.69, 9.17) is 16.9 Å². The van der Waals surface area contributed by atoms with Crippen molar-refractivity contribution in [3.8, 4) is 6.07 Å². The summed E-state index contributed by atoms with van der Waals surface area (Å²) in [4.78, 5) is 3.97. The molecule has 1 aromatic carbocycles. The zero-order valence-electron chi connectivity index (χ0n) is 11.4. The molecule has 0 aliphatic carbocycles. The number of aromatic nitrogens is 3. The van der Waals surface area contributed by atoms with Crippen LogP contribution in [0.15, 0.2) is 35.7 Å². The van der Waals surface area contributed by atoms with Crippen molar-refractivity contribution in [2.24, 2.45) is 0 Å². The standard InChI is InChI=1S/C13H12ClN5O2S/c14-13-5-12(2-1-10(13)6-15)22(20,21)18-4-3-11(7-18)19-9-16-8-17-19/h1-2,5,8-9,11H,3-4,7H2/t11-/m0/s1. The predicted molar refractivity (Wildman–Crippen MR) is 78.6 cm³/mol. The number of halogens is 1. The van der Waals surface area contributed by atoms with Crippen LogP contribution in [0.4, 0.5) is 0 Å². The molecular weight excluding hydrogens is 326 g/mol. The van der Waals surface area contributed by atoms with Gasteiger partial charge in [-0.25, -0.2) is 18.1 Å². The van der Waals surface area contributed by atoms with Gasteiger partial charge in [-0.15, -0.1) is 0 Å². The van der Waals surface area contributed by atoms with Crippen LogP contribution >= 0.6 is 11.6 Å². The molecule has 1 aliphatic rings.